The lowest BCUT2D eigenvalue weighted by atomic mass is 10.1. The number of aromatic nitrogens is 4. The number of hydrogen-bond acceptors (Lipinski definition) is 6. The van der Waals surface area contributed by atoms with Gasteiger partial charge in [-0.25, -0.2) is 9.97 Å². The number of likely N-dealkylation sites (tertiary alicyclic amines) is 1. The van der Waals surface area contributed by atoms with Crippen LogP contribution >= 0.6 is 0 Å². The first kappa shape index (κ1) is 16.4. The van der Waals surface area contributed by atoms with Crippen molar-refractivity contribution in [1.29, 1.82) is 0 Å². The van der Waals surface area contributed by atoms with Crippen LogP contribution in [0.2, 0.25) is 0 Å². The molecule has 0 spiro atoms. The van der Waals surface area contributed by atoms with E-state index in [1.807, 2.05) is 17.9 Å². The highest BCUT2D eigenvalue weighted by Crippen LogP contribution is 2.36. The predicted octanol–water partition coefficient (Wildman–Crippen LogP) is 1.67. The molecular formula is C19H28N6O. The lowest BCUT2D eigenvalue weighted by Gasteiger charge is -2.25. The Morgan fingerprint density at radius 3 is 2.58 bits per heavy atom. The highest BCUT2D eigenvalue weighted by molar-refractivity contribution is 5.87. The standard InChI is InChI=1S/C19H28N6O/c1-23-18-14(10-20-23)19(22-17(21-18)13-6-2-3-7-13)25-11-15(16(26)12-25)24-8-4-5-9-24/h10,13,15-16,26H,2-9,11-12H2,1H3/t15-,16-/m0/s1. The Labute approximate surface area is 154 Å². The molecule has 0 unspecified atom stereocenters. The third kappa shape index (κ3) is 2.68. The largest absolute Gasteiger partial charge is 0.390 e. The van der Waals surface area contributed by atoms with E-state index in [9.17, 15) is 5.11 Å². The van der Waals surface area contributed by atoms with Crippen molar-refractivity contribution in [2.75, 3.05) is 31.1 Å². The summed E-state index contributed by atoms with van der Waals surface area (Å²) in [6.07, 6.45) is 8.95. The molecule has 2 atom stereocenters. The summed E-state index contributed by atoms with van der Waals surface area (Å²) in [5, 5.41) is 16.1. The van der Waals surface area contributed by atoms with Crippen molar-refractivity contribution in [3.8, 4) is 0 Å². The maximum Gasteiger partial charge on any atom is 0.163 e. The summed E-state index contributed by atoms with van der Waals surface area (Å²) < 4.78 is 1.85. The van der Waals surface area contributed by atoms with Gasteiger partial charge < -0.3 is 10.0 Å². The number of hydrogen-bond donors (Lipinski definition) is 1. The van der Waals surface area contributed by atoms with Crippen LogP contribution < -0.4 is 4.90 Å². The molecule has 0 amide bonds. The van der Waals surface area contributed by atoms with Crippen molar-refractivity contribution in [3.05, 3.63) is 12.0 Å². The first-order chi connectivity index (χ1) is 12.7. The van der Waals surface area contributed by atoms with Gasteiger partial charge in [0.15, 0.2) is 5.65 Å². The topological polar surface area (TPSA) is 70.3 Å². The van der Waals surface area contributed by atoms with Gasteiger partial charge in [-0.2, -0.15) is 5.10 Å². The van der Waals surface area contributed by atoms with Gasteiger partial charge in [-0.05, 0) is 38.8 Å². The van der Waals surface area contributed by atoms with Crippen LogP contribution in [0.1, 0.15) is 50.3 Å². The van der Waals surface area contributed by atoms with E-state index in [0.717, 1.165) is 42.3 Å². The number of aliphatic hydroxyl groups excluding tert-OH is 1. The molecule has 1 saturated carbocycles. The van der Waals surface area contributed by atoms with E-state index in [1.54, 1.807) is 0 Å². The third-order valence-electron chi connectivity index (χ3n) is 6.48. The minimum Gasteiger partial charge on any atom is -0.390 e. The second-order valence-electron chi connectivity index (χ2n) is 8.18. The molecule has 2 aliphatic heterocycles. The van der Waals surface area contributed by atoms with E-state index in [4.69, 9.17) is 9.97 Å². The molecule has 3 aliphatic rings. The average Bonchev–Trinajstić information content (AvgIpc) is 3.42. The average molecular weight is 356 g/mol. The molecule has 1 N–H and O–H groups in total. The lowest BCUT2D eigenvalue weighted by molar-refractivity contribution is 0.0986. The molecule has 4 heterocycles. The molecule has 7 nitrogen and oxygen atoms in total. The maximum absolute atomic E-state index is 10.7. The summed E-state index contributed by atoms with van der Waals surface area (Å²) in [4.78, 5) is 14.6. The monoisotopic (exact) mass is 356 g/mol. The number of β-amino-alcohol motifs (C(OH)–C–C–N with tert-alkyl or cyclic N) is 1. The van der Waals surface area contributed by atoms with Crippen molar-refractivity contribution in [2.45, 2.75) is 56.6 Å². The Balaban J connectivity index is 1.51. The zero-order chi connectivity index (χ0) is 17.7. The van der Waals surface area contributed by atoms with Crippen molar-refractivity contribution in [3.63, 3.8) is 0 Å². The fourth-order valence-corrected chi connectivity index (χ4v) is 5.01. The van der Waals surface area contributed by atoms with Gasteiger partial charge in [0, 0.05) is 26.1 Å². The van der Waals surface area contributed by atoms with E-state index in [-0.39, 0.29) is 12.1 Å². The Bertz CT molecular complexity index is 793. The molecule has 0 radical (unpaired) electrons. The van der Waals surface area contributed by atoms with Crippen LogP contribution in [0, 0.1) is 0 Å². The van der Waals surface area contributed by atoms with E-state index in [0.29, 0.717) is 12.5 Å². The van der Waals surface area contributed by atoms with Crippen LogP contribution in [0.5, 0.6) is 0 Å². The molecular weight excluding hydrogens is 328 g/mol. The number of aryl methyl sites for hydroxylation is 1. The Kier molecular flexibility index (Phi) is 4.09. The Morgan fingerprint density at radius 1 is 1.04 bits per heavy atom. The zero-order valence-corrected chi connectivity index (χ0v) is 15.5. The van der Waals surface area contributed by atoms with Gasteiger partial charge >= 0.3 is 0 Å². The Hall–Kier alpha value is -1.73. The third-order valence-corrected chi connectivity index (χ3v) is 6.48. The van der Waals surface area contributed by atoms with Crippen LogP contribution in [0.4, 0.5) is 5.82 Å². The van der Waals surface area contributed by atoms with E-state index < -0.39 is 0 Å². The summed E-state index contributed by atoms with van der Waals surface area (Å²) in [6.45, 7) is 3.70. The second-order valence-corrected chi connectivity index (χ2v) is 8.18. The van der Waals surface area contributed by atoms with E-state index in [1.165, 1.54) is 38.5 Å². The number of anilines is 1. The molecule has 1 aliphatic carbocycles. The van der Waals surface area contributed by atoms with Gasteiger partial charge in [0.05, 0.1) is 23.7 Å². The number of fused-ring (bicyclic) bond motifs is 1. The minimum absolute atomic E-state index is 0.217. The summed E-state index contributed by atoms with van der Waals surface area (Å²) in [5.41, 5.74) is 0.913. The number of nitrogens with zero attached hydrogens (tertiary/aromatic N) is 6. The summed E-state index contributed by atoms with van der Waals surface area (Å²) >= 11 is 0. The molecule has 3 fully saturated rings. The van der Waals surface area contributed by atoms with Crippen molar-refractivity contribution in [2.24, 2.45) is 7.05 Å². The van der Waals surface area contributed by atoms with E-state index >= 15 is 0 Å². The van der Waals surface area contributed by atoms with Crippen molar-refractivity contribution in [1.82, 2.24) is 24.6 Å². The summed E-state index contributed by atoms with van der Waals surface area (Å²) in [7, 11) is 1.95. The smallest absolute Gasteiger partial charge is 0.163 e. The maximum atomic E-state index is 10.7. The number of aliphatic hydroxyl groups is 1. The van der Waals surface area contributed by atoms with Gasteiger partial charge in [0.25, 0.3) is 0 Å². The Morgan fingerprint density at radius 2 is 1.81 bits per heavy atom. The van der Waals surface area contributed by atoms with Crippen molar-refractivity contribution < 1.29 is 5.11 Å². The molecule has 7 heteroatoms. The molecule has 2 aromatic heterocycles. The first-order valence-electron chi connectivity index (χ1n) is 10.1. The molecule has 5 rings (SSSR count). The van der Waals surface area contributed by atoms with Crippen LogP contribution in [-0.2, 0) is 7.05 Å². The molecule has 0 aromatic carbocycles. The molecule has 140 valence electrons. The highest BCUT2D eigenvalue weighted by Gasteiger charge is 2.38. The fraction of sp³-hybridized carbons (Fsp3) is 0.737. The van der Waals surface area contributed by atoms with Crippen molar-refractivity contribution >= 4 is 16.9 Å². The van der Waals surface area contributed by atoms with Gasteiger partial charge in [0.2, 0.25) is 0 Å². The van der Waals surface area contributed by atoms with E-state index in [2.05, 4.69) is 14.9 Å². The quantitative estimate of drug-likeness (QED) is 0.902. The zero-order valence-electron chi connectivity index (χ0n) is 15.5. The second kappa shape index (κ2) is 6.46. The predicted molar refractivity (Wildman–Crippen MR) is 100 cm³/mol. The highest BCUT2D eigenvalue weighted by atomic mass is 16.3. The number of rotatable bonds is 3. The minimum atomic E-state index is -0.315. The normalized spacial score (nSPS) is 28.0. The van der Waals surface area contributed by atoms with Gasteiger partial charge in [0.1, 0.15) is 11.6 Å². The molecule has 0 bridgehead atoms. The van der Waals surface area contributed by atoms with Crippen LogP contribution in [-0.4, -0.2) is 68.1 Å². The van der Waals surface area contributed by atoms with Crippen LogP contribution in [0.15, 0.2) is 6.20 Å². The fourth-order valence-electron chi connectivity index (χ4n) is 5.01. The van der Waals surface area contributed by atoms with Crippen LogP contribution in [0.3, 0.4) is 0 Å². The SMILES string of the molecule is Cn1ncc2c(N3C[C@H](O)[C@@H](N4CCCC4)C3)nc(C3CCCC3)nc21. The summed E-state index contributed by atoms with van der Waals surface area (Å²) in [5.74, 6) is 2.40. The molecule has 2 saturated heterocycles. The molecule has 2 aromatic rings. The molecule has 26 heavy (non-hydrogen) atoms. The van der Waals surface area contributed by atoms with Gasteiger partial charge in [-0.1, -0.05) is 12.8 Å². The lowest BCUT2D eigenvalue weighted by Crippen LogP contribution is -2.41. The summed E-state index contributed by atoms with van der Waals surface area (Å²) in [6, 6.07) is 0.217. The van der Waals surface area contributed by atoms with Crippen LogP contribution in [0.25, 0.3) is 11.0 Å². The first-order valence-corrected chi connectivity index (χ1v) is 10.1. The van der Waals surface area contributed by atoms with Gasteiger partial charge in [-0.15, -0.1) is 0 Å². The van der Waals surface area contributed by atoms with Gasteiger partial charge in [-0.3, -0.25) is 9.58 Å².